The number of carbonyl (C=O) groups excluding carboxylic acids is 2. The Hall–Kier alpha value is -3.48. The highest BCUT2D eigenvalue weighted by Crippen LogP contribution is 2.22. The summed E-state index contributed by atoms with van der Waals surface area (Å²) in [5.41, 5.74) is 2.51. The number of carbonyl (C=O) groups is 2. The molecule has 2 N–H and O–H groups in total. The maximum Gasteiger partial charge on any atom is 0.246 e. The zero-order valence-corrected chi connectivity index (χ0v) is 16.5. The van der Waals surface area contributed by atoms with Gasteiger partial charge >= 0.3 is 0 Å². The highest BCUT2D eigenvalue weighted by Gasteiger charge is 2.20. The van der Waals surface area contributed by atoms with Gasteiger partial charge in [0.05, 0.1) is 17.8 Å². The molecule has 1 aromatic heterocycles. The Morgan fingerprint density at radius 3 is 2.48 bits per heavy atom. The van der Waals surface area contributed by atoms with Crippen molar-refractivity contribution in [1.82, 2.24) is 10.3 Å². The Morgan fingerprint density at radius 2 is 1.79 bits per heavy atom. The van der Waals surface area contributed by atoms with E-state index in [0.717, 1.165) is 11.1 Å². The number of hydrogen-bond donors (Lipinski definition) is 2. The summed E-state index contributed by atoms with van der Waals surface area (Å²) >= 11 is 0. The van der Waals surface area contributed by atoms with Gasteiger partial charge in [-0.15, -0.1) is 0 Å². The summed E-state index contributed by atoms with van der Waals surface area (Å²) in [5, 5.41) is 5.05. The molecule has 7 heteroatoms. The number of aromatic nitrogens is 1. The van der Waals surface area contributed by atoms with Crippen molar-refractivity contribution < 1.29 is 18.4 Å². The number of nitrogens with zero attached hydrogens (tertiary/aromatic N) is 1. The summed E-state index contributed by atoms with van der Waals surface area (Å²) in [6.07, 6.45) is -0.0293. The molecular weight excluding hydrogens is 373 g/mol. The fourth-order valence-electron chi connectivity index (χ4n) is 2.73. The van der Waals surface area contributed by atoms with E-state index in [1.54, 1.807) is 13.0 Å². The van der Waals surface area contributed by atoms with E-state index in [1.807, 2.05) is 31.2 Å². The lowest BCUT2D eigenvalue weighted by molar-refractivity contribution is -0.125. The smallest absolute Gasteiger partial charge is 0.246 e. The number of hydrogen-bond acceptors (Lipinski definition) is 4. The monoisotopic (exact) mass is 395 g/mol. The van der Waals surface area contributed by atoms with E-state index in [4.69, 9.17) is 4.42 Å². The minimum absolute atomic E-state index is 0.0293. The SMILES string of the molecule is Cc1ccc(-c2nc(CC(=O)NC(C)C(=O)Nc3ccccc3F)c(C)o2)cc1. The van der Waals surface area contributed by atoms with Crippen LogP contribution in [0, 0.1) is 19.7 Å². The number of para-hydroxylation sites is 1. The molecule has 0 aliphatic carbocycles. The molecule has 0 saturated carbocycles. The van der Waals surface area contributed by atoms with Gasteiger partial charge in [-0.25, -0.2) is 9.37 Å². The number of halogens is 1. The number of aryl methyl sites for hydroxylation is 2. The Morgan fingerprint density at radius 1 is 1.10 bits per heavy atom. The lowest BCUT2D eigenvalue weighted by atomic mass is 10.1. The third-order valence-electron chi connectivity index (χ3n) is 4.42. The molecule has 6 nitrogen and oxygen atoms in total. The standard InChI is InChI=1S/C22H22FN3O3/c1-13-8-10-16(11-9-13)22-26-19(15(3)29-22)12-20(27)24-14(2)21(28)25-18-7-5-4-6-17(18)23/h4-11,14H,12H2,1-3H3,(H,24,27)(H,25,28). The molecule has 1 heterocycles. The van der Waals surface area contributed by atoms with Gasteiger partial charge in [-0.05, 0) is 45.0 Å². The Kier molecular flexibility index (Phi) is 6.07. The molecule has 0 aliphatic rings. The molecule has 2 amide bonds. The van der Waals surface area contributed by atoms with Gasteiger partial charge in [0.2, 0.25) is 17.7 Å². The van der Waals surface area contributed by atoms with Crippen molar-refractivity contribution in [3.05, 3.63) is 71.4 Å². The van der Waals surface area contributed by atoms with Gasteiger partial charge in [-0.2, -0.15) is 0 Å². The summed E-state index contributed by atoms with van der Waals surface area (Å²) in [7, 11) is 0. The number of anilines is 1. The number of nitrogens with one attached hydrogen (secondary N) is 2. The van der Waals surface area contributed by atoms with E-state index in [2.05, 4.69) is 15.6 Å². The van der Waals surface area contributed by atoms with Crippen LogP contribution in [0.25, 0.3) is 11.5 Å². The molecule has 0 saturated heterocycles. The highest BCUT2D eigenvalue weighted by atomic mass is 19.1. The normalized spacial score (nSPS) is 11.7. The largest absolute Gasteiger partial charge is 0.441 e. The van der Waals surface area contributed by atoms with Crippen LogP contribution in [0.1, 0.15) is 23.9 Å². The molecular formula is C22H22FN3O3. The van der Waals surface area contributed by atoms with Crippen molar-refractivity contribution in [2.75, 3.05) is 5.32 Å². The van der Waals surface area contributed by atoms with Gasteiger partial charge in [0.25, 0.3) is 0 Å². The molecule has 29 heavy (non-hydrogen) atoms. The predicted octanol–water partition coefficient (Wildman–Crippen LogP) is 3.78. The Labute approximate surface area is 168 Å². The van der Waals surface area contributed by atoms with Crippen molar-refractivity contribution in [1.29, 1.82) is 0 Å². The zero-order chi connectivity index (χ0) is 21.0. The average Bonchev–Trinajstić information content (AvgIpc) is 3.04. The first-order valence-corrected chi connectivity index (χ1v) is 9.21. The van der Waals surface area contributed by atoms with Crippen LogP contribution >= 0.6 is 0 Å². The van der Waals surface area contributed by atoms with Gasteiger partial charge < -0.3 is 15.1 Å². The maximum atomic E-state index is 13.7. The number of rotatable bonds is 6. The second kappa shape index (κ2) is 8.68. The summed E-state index contributed by atoms with van der Waals surface area (Å²) in [6.45, 7) is 5.26. The molecule has 0 fully saturated rings. The number of oxazole rings is 1. The summed E-state index contributed by atoms with van der Waals surface area (Å²) in [4.78, 5) is 29.0. The summed E-state index contributed by atoms with van der Waals surface area (Å²) in [5.74, 6) is -0.454. The van der Waals surface area contributed by atoms with Crippen LogP contribution in [-0.4, -0.2) is 22.8 Å². The van der Waals surface area contributed by atoms with E-state index in [1.165, 1.54) is 25.1 Å². The average molecular weight is 395 g/mol. The van der Waals surface area contributed by atoms with Crippen molar-refractivity contribution >= 4 is 17.5 Å². The van der Waals surface area contributed by atoms with Gasteiger partial charge in [0.15, 0.2) is 0 Å². The second-order valence-electron chi connectivity index (χ2n) is 6.82. The van der Waals surface area contributed by atoms with Crippen LogP contribution in [0.3, 0.4) is 0 Å². The second-order valence-corrected chi connectivity index (χ2v) is 6.82. The molecule has 1 atom stereocenters. The summed E-state index contributed by atoms with van der Waals surface area (Å²) in [6, 6.07) is 12.7. The maximum absolute atomic E-state index is 13.7. The topological polar surface area (TPSA) is 84.2 Å². The molecule has 3 aromatic rings. The van der Waals surface area contributed by atoms with Crippen molar-refractivity contribution in [3.63, 3.8) is 0 Å². The van der Waals surface area contributed by atoms with E-state index >= 15 is 0 Å². The van der Waals surface area contributed by atoms with E-state index in [9.17, 15) is 14.0 Å². The molecule has 0 spiro atoms. The molecule has 0 bridgehead atoms. The highest BCUT2D eigenvalue weighted by molar-refractivity contribution is 5.97. The first-order chi connectivity index (χ1) is 13.8. The zero-order valence-electron chi connectivity index (χ0n) is 16.5. The molecule has 3 rings (SSSR count). The van der Waals surface area contributed by atoms with Gasteiger partial charge in [-0.3, -0.25) is 9.59 Å². The van der Waals surface area contributed by atoms with Gasteiger partial charge in [0.1, 0.15) is 17.6 Å². The summed E-state index contributed by atoms with van der Waals surface area (Å²) < 4.78 is 19.3. The van der Waals surface area contributed by atoms with Crippen LogP contribution in [0.5, 0.6) is 0 Å². The fraction of sp³-hybridized carbons (Fsp3) is 0.227. The van der Waals surface area contributed by atoms with E-state index in [0.29, 0.717) is 17.3 Å². The minimum atomic E-state index is -0.842. The van der Waals surface area contributed by atoms with Crippen molar-refractivity contribution in [2.45, 2.75) is 33.2 Å². The van der Waals surface area contributed by atoms with Crippen molar-refractivity contribution in [2.24, 2.45) is 0 Å². The van der Waals surface area contributed by atoms with Gasteiger partial charge in [0, 0.05) is 5.56 Å². The van der Waals surface area contributed by atoms with Crippen LogP contribution < -0.4 is 10.6 Å². The first-order valence-electron chi connectivity index (χ1n) is 9.21. The first kappa shape index (κ1) is 20.3. The molecule has 0 radical (unpaired) electrons. The predicted molar refractivity (Wildman–Crippen MR) is 108 cm³/mol. The van der Waals surface area contributed by atoms with Crippen LogP contribution in [0.15, 0.2) is 52.9 Å². The molecule has 0 aliphatic heterocycles. The molecule has 2 aromatic carbocycles. The van der Waals surface area contributed by atoms with Crippen LogP contribution in [0.4, 0.5) is 10.1 Å². The van der Waals surface area contributed by atoms with E-state index in [-0.39, 0.29) is 18.0 Å². The fourth-order valence-corrected chi connectivity index (χ4v) is 2.73. The Bertz CT molecular complexity index is 1030. The van der Waals surface area contributed by atoms with Gasteiger partial charge in [-0.1, -0.05) is 29.8 Å². The number of amides is 2. The minimum Gasteiger partial charge on any atom is -0.441 e. The lowest BCUT2D eigenvalue weighted by Gasteiger charge is -2.14. The van der Waals surface area contributed by atoms with Crippen molar-refractivity contribution in [3.8, 4) is 11.5 Å². The third kappa shape index (κ3) is 5.07. The number of benzene rings is 2. The molecule has 1 unspecified atom stereocenters. The molecule has 150 valence electrons. The van der Waals surface area contributed by atoms with Crippen LogP contribution in [-0.2, 0) is 16.0 Å². The quantitative estimate of drug-likeness (QED) is 0.665. The Balaban J connectivity index is 1.61. The lowest BCUT2D eigenvalue weighted by Crippen LogP contribution is -2.42. The van der Waals surface area contributed by atoms with E-state index < -0.39 is 17.8 Å². The third-order valence-corrected chi connectivity index (χ3v) is 4.42. The van der Waals surface area contributed by atoms with Crippen LogP contribution in [0.2, 0.25) is 0 Å².